The molecule has 154 valence electrons. The van der Waals surface area contributed by atoms with Gasteiger partial charge in [-0.05, 0) is 49.4 Å². The maximum atomic E-state index is 12.8. The van der Waals surface area contributed by atoms with Crippen LogP contribution in [-0.2, 0) is 14.4 Å². The Morgan fingerprint density at radius 2 is 1.63 bits per heavy atom. The monoisotopic (exact) mass is 423 g/mol. The molecule has 0 unspecified atom stereocenters. The summed E-state index contributed by atoms with van der Waals surface area (Å²) < 4.78 is 0. The number of amides is 4. The molecule has 3 atom stereocenters. The zero-order valence-corrected chi connectivity index (χ0v) is 17.1. The molecule has 1 fully saturated rings. The Kier molecular flexibility index (Phi) is 5.50. The summed E-state index contributed by atoms with van der Waals surface area (Å²) in [6.45, 7) is 1.55. The van der Waals surface area contributed by atoms with Crippen LogP contribution in [0.1, 0.15) is 29.4 Å². The van der Waals surface area contributed by atoms with E-state index in [9.17, 15) is 19.2 Å². The third-order valence-electron chi connectivity index (χ3n) is 5.44. The minimum Gasteiger partial charge on any atom is -0.324 e. The van der Waals surface area contributed by atoms with Crippen molar-refractivity contribution in [2.24, 2.45) is 11.8 Å². The first kappa shape index (κ1) is 20.0. The van der Waals surface area contributed by atoms with Gasteiger partial charge in [0.2, 0.25) is 17.7 Å². The second-order valence-corrected chi connectivity index (χ2v) is 8.33. The molecular formula is C22H21N3O4S. The standard InChI is InChI=1S/C22H21N3O4S/c1-13(25-21(28)16-8-2-3-9-17(16)22(25)29)19(26)23-14-6-4-7-15(12-14)24-20(27)18-10-5-11-30-18/h2-7,10-13,16-17H,8-9H2,1H3,(H,23,26)(H,24,27)/t13-,16-,17+/m0/s1. The number of allylic oxidation sites excluding steroid dienone is 2. The Morgan fingerprint density at radius 1 is 1.00 bits per heavy atom. The first-order chi connectivity index (χ1) is 14.5. The van der Waals surface area contributed by atoms with Crippen LogP contribution in [0.25, 0.3) is 0 Å². The summed E-state index contributed by atoms with van der Waals surface area (Å²) >= 11 is 1.34. The Balaban J connectivity index is 1.43. The van der Waals surface area contributed by atoms with Gasteiger partial charge in [-0.1, -0.05) is 24.3 Å². The maximum Gasteiger partial charge on any atom is 0.265 e. The molecule has 0 spiro atoms. The van der Waals surface area contributed by atoms with Crippen LogP contribution in [0.15, 0.2) is 53.9 Å². The van der Waals surface area contributed by atoms with Crippen LogP contribution in [-0.4, -0.2) is 34.6 Å². The normalized spacial score (nSPS) is 21.3. The van der Waals surface area contributed by atoms with Crippen molar-refractivity contribution in [2.45, 2.75) is 25.8 Å². The summed E-state index contributed by atoms with van der Waals surface area (Å²) in [5.41, 5.74) is 0.998. The predicted octanol–water partition coefficient (Wildman–Crippen LogP) is 3.28. The molecule has 2 aromatic rings. The number of nitrogens with one attached hydrogen (secondary N) is 2. The van der Waals surface area contributed by atoms with E-state index in [1.807, 2.05) is 17.5 Å². The number of fused-ring (bicyclic) bond motifs is 1. The molecule has 30 heavy (non-hydrogen) atoms. The Bertz CT molecular complexity index is 1000. The van der Waals surface area contributed by atoms with E-state index in [2.05, 4.69) is 10.6 Å². The lowest BCUT2D eigenvalue weighted by Gasteiger charge is -2.22. The van der Waals surface area contributed by atoms with Crippen LogP contribution in [0.4, 0.5) is 11.4 Å². The lowest BCUT2D eigenvalue weighted by molar-refractivity contribution is -0.146. The van der Waals surface area contributed by atoms with E-state index in [1.54, 1.807) is 43.3 Å². The van der Waals surface area contributed by atoms with E-state index < -0.39 is 11.9 Å². The van der Waals surface area contributed by atoms with Gasteiger partial charge in [0.1, 0.15) is 6.04 Å². The molecule has 1 aliphatic heterocycles. The lowest BCUT2D eigenvalue weighted by atomic mass is 9.85. The highest BCUT2D eigenvalue weighted by Gasteiger charge is 2.50. The Hall–Kier alpha value is -3.26. The summed E-state index contributed by atoms with van der Waals surface area (Å²) in [4.78, 5) is 52.0. The van der Waals surface area contributed by atoms with Gasteiger partial charge in [-0.3, -0.25) is 24.1 Å². The van der Waals surface area contributed by atoms with Gasteiger partial charge in [0.25, 0.3) is 5.91 Å². The number of rotatable bonds is 5. The van der Waals surface area contributed by atoms with Gasteiger partial charge in [-0.2, -0.15) is 0 Å². The summed E-state index contributed by atoms with van der Waals surface area (Å²) in [6.07, 6.45) is 4.89. The number of benzene rings is 1. The molecule has 2 N–H and O–H groups in total. The minimum absolute atomic E-state index is 0.230. The summed E-state index contributed by atoms with van der Waals surface area (Å²) in [6, 6.07) is 9.35. The van der Waals surface area contributed by atoms with E-state index in [4.69, 9.17) is 0 Å². The molecule has 2 heterocycles. The fourth-order valence-corrected chi connectivity index (χ4v) is 4.47. The van der Waals surface area contributed by atoms with Gasteiger partial charge < -0.3 is 10.6 Å². The molecule has 4 amide bonds. The average molecular weight is 423 g/mol. The summed E-state index contributed by atoms with van der Waals surface area (Å²) in [7, 11) is 0. The lowest BCUT2D eigenvalue weighted by Crippen LogP contribution is -2.46. The van der Waals surface area contributed by atoms with Crippen LogP contribution >= 0.6 is 11.3 Å². The number of carbonyl (C=O) groups is 4. The van der Waals surface area contributed by atoms with Crippen molar-refractivity contribution in [3.8, 4) is 0 Å². The fourth-order valence-electron chi connectivity index (χ4n) is 3.85. The predicted molar refractivity (Wildman–Crippen MR) is 114 cm³/mol. The van der Waals surface area contributed by atoms with E-state index in [-0.39, 0.29) is 29.6 Å². The smallest absolute Gasteiger partial charge is 0.265 e. The van der Waals surface area contributed by atoms with Crippen LogP contribution in [0.5, 0.6) is 0 Å². The molecule has 7 nitrogen and oxygen atoms in total. The van der Waals surface area contributed by atoms with Gasteiger partial charge in [-0.15, -0.1) is 11.3 Å². The molecule has 2 aliphatic rings. The summed E-state index contributed by atoms with van der Waals surface area (Å²) in [5.74, 6) is -1.98. The molecule has 8 heteroatoms. The average Bonchev–Trinajstić information content (AvgIpc) is 3.36. The Labute approximate surface area is 177 Å². The van der Waals surface area contributed by atoms with E-state index >= 15 is 0 Å². The van der Waals surface area contributed by atoms with Gasteiger partial charge in [0.05, 0.1) is 16.7 Å². The molecule has 1 aliphatic carbocycles. The Morgan fingerprint density at radius 3 is 2.23 bits per heavy atom. The van der Waals surface area contributed by atoms with E-state index in [0.717, 1.165) is 4.90 Å². The number of carbonyl (C=O) groups excluding carboxylic acids is 4. The topological polar surface area (TPSA) is 95.6 Å². The first-order valence-electron chi connectivity index (χ1n) is 9.73. The van der Waals surface area contributed by atoms with Crippen molar-refractivity contribution in [3.63, 3.8) is 0 Å². The molecule has 1 saturated heterocycles. The largest absolute Gasteiger partial charge is 0.324 e. The molecule has 1 aromatic heterocycles. The zero-order valence-electron chi connectivity index (χ0n) is 16.3. The quantitative estimate of drug-likeness (QED) is 0.570. The van der Waals surface area contributed by atoms with Crippen LogP contribution in [0, 0.1) is 11.8 Å². The minimum atomic E-state index is -0.917. The third-order valence-corrected chi connectivity index (χ3v) is 6.31. The second kappa shape index (κ2) is 8.23. The van der Waals surface area contributed by atoms with E-state index in [1.165, 1.54) is 11.3 Å². The number of likely N-dealkylation sites (tertiary alicyclic amines) is 1. The van der Waals surface area contributed by atoms with Gasteiger partial charge in [0.15, 0.2) is 0 Å². The van der Waals surface area contributed by atoms with Crippen molar-refractivity contribution >= 4 is 46.3 Å². The number of hydrogen-bond donors (Lipinski definition) is 2. The summed E-state index contributed by atoms with van der Waals surface area (Å²) in [5, 5.41) is 7.34. The van der Waals surface area contributed by atoms with Crippen LogP contribution < -0.4 is 10.6 Å². The van der Waals surface area contributed by atoms with Crippen molar-refractivity contribution in [2.75, 3.05) is 10.6 Å². The van der Waals surface area contributed by atoms with Crippen molar-refractivity contribution in [1.82, 2.24) is 4.90 Å². The highest BCUT2D eigenvalue weighted by molar-refractivity contribution is 7.12. The molecule has 1 aromatic carbocycles. The number of nitrogens with zero attached hydrogens (tertiary/aromatic N) is 1. The maximum absolute atomic E-state index is 12.8. The third kappa shape index (κ3) is 3.78. The van der Waals surface area contributed by atoms with Crippen molar-refractivity contribution < 1.29 is 19.2 Å². The highest BCUT2D eigenvalue weighted by Crippen LogP contribution is 2.36. The van der Waals surface area contributed by atoms with Gasteiger partial charge >= 0.3 is 0 Å². The highest BCUT2D eigenvalue weighted by atomic mass is 32.1. The van der Waals surface area contributed by atoms with Gasteiger partial charge in [-0.25, -0.2) is 0 Å². The SMILES string of the molecule is C[C@@H](C(=O)Nc1cccc(NC(=O)c2cccs2)c1)N1C(=O)[C@H]2CC=CC[C@H]2C1=O. The number of imide groups is 1. The van der Waals surface area contributed by atoms with Gasteiger partial charge in [0, 0.05) is 11.4 Å². The molecule has 0 saturated carbocycles. The van der Waals surface area contributed by atoms with Crippen LogP contribution in [0.3, 0.4) is 0 Å². The molecule has 4 rings (SSSR count). The van der Waals surface area contributed by atoms with Crippen molar-refractivity contribution in [3.05, 3.63) is 58.8 Å². The molecule has 0 bridgehead atoms. The number of hydrogen-bond acceptors (Lipinski definition) is 5. The fraction of sp³-hybridized carbons (Fsp3) is 0.273. The van der Waals surface area contributed by atoms with E-state index in [0.29, 0.717) is 29.1 Å². The number of anilines is 2. The molecular weight excluding hydrogens is 402 g/mol. The van der Waals surface area contributed by atoms with Crippen molar-refractivity contribution in [1.29, 1.82) is 0 Å². The molecule has 0 radical (unpaired) electrons. The number of thiophene rings is 1. The first-order valence-corrected chi connectivity index (χ1v) is 10.6. The zero-order chi connectivity index (χ0) is 21.3. The van der Waals surface area contributed by atoms with Crippen LogP contribution in [0.2, 0.25) is 0 Å². The second-order valence-electron chi connectivity index (χ2n) is 7.38.